The lowest BCUT2D eigenvalue weighted by Crippen LogP contribution is -2.32. The molecule has 4 heteroatoms. The lowest BCUT2D eigenvalue weighted by molar-refractivity contribution is 0.0398. The minimum Gasteiger partial charge on any atom is -0.373 e. The Morgan fingerprint density at radius 3 is 2.70 bits per heavy atom. The SMILES string of the molecule is CC(C)(CNCc1ccccc1)COCc1ccno1. The van der Waals surface area contributed by atoms with Crippen molar-refractivity contribution >= 4 is 0 Å². The normalized spacial score (nSPS) is 11.7. The second-order valence-electron chi connectivity index (χ2n) is 5.72. The van der Waals surface area contributed by atoms with E-state index in [-0.39, 0.29) is 5.41 Å². The number of nitrogens with zero attached hydrogens (tertiary/aromatic N) is 1. The van der Waals surface area contributed by atoms with Crippen LogP contribution >= 0.6 is 0 Å². The van der Waals surface area contributed by atoms with Gasteiger partial charge in [0.2, 0.25) is 0 Å². The van der Waals surface area contributed by atoms with Gasteiger partial charge >= 0.3 is 0 Å². The summed E-state index contributed by atoms with van der Waals surface area (Å²) in [6.07, 6.45) is 1.63. The Balaban J connectivity index is 1.65. The van der Waals surface area contributed by atoms with Crippen molar-refractivity contribution in [2.75, 3.05) is 13.2 Å². The summed E-state index contributed by atoms with van der Waals surface area (Å²) in [6.45, 7) is 7.30. The molecule has 0 radical (unpaired) electrons. The van der Waals surface area contributed by atoms with Crippen molar-refractivity contribution in [3.8, 4) is 0 Å². The average molecular weight is 274 g/mol. The maximum absolute atomic E-state index is 5.67. The van der Waals surface area contributed by atoms with Gasteiger partial charge in [-0.05, 0) is 5.56 Å². The van der Waals surface area contributed by atoms with Crippen LogP contribution in [0.15, 0.2) is 47.1 Å². The van der Waals surface area contributed by atoms with Gasteiger partial charge in [-0.2, -0.15) is 0 Å². The van der Waals surface area contributed by atoms with Crippen molar-refractivity contribution in [1.29, 1.82) is 0 Å². The van der Waals surface area contributed by atoms with Crippen LogP contribution in [0.1, 0.15) is 25.2 Å². The minimum atomic E-state index is 0.0782. The van der Waals surface area contributed by atoms with E-state index in [1.165, 1.54) is 5.56 Å². The van der Waals surface area contributed by atoms with E-state index in [9.17, 15) is 0 Å². The highest BCUT2D eigenvalue weighted by Crippen LogP contribution is 2.15. The van der Waals surface area contributed by atoms with Crippen LogP contribution in [0.2, 0.25) is 0 Å². The molecular weight excluding hydrogens is 252 g/mol. The summed E-state index contributed by atoms with van der Waals surface area (Å²) < 4.78 is 10.7. The Hall–Kier alpha value is -1.65. The largest absolute Gasteiger partial charge is 0.373 e. The molecule has 1 heterocycles. The lowest BCUT2D eigenvalue weighted by Gasteiger charge is -2.24. The van der Waals surface area contributed by atoms with Crippen molar-refractivity contribution in [2.24, 2.45) is 5.41 Å². The van der Waals surface area contributed by atoms with Crippen LogP contribution in [0.3, 0.4) is 0 Å². The smallest absolute Gasteiger partial charge is 0.162 e. The third kappa shape index (κ3) is 5.15. The molecule has 0 aliphatic heterocycles. The van der Waals surface area contributed by atoms with Gasteiger partial charge in [-0.3, -0.25) is 0 Å². The Bertz CT molecular complexity index is 480. The molecule has 0 fully saturated rings. The molecule has 4 nitrogen and oxygen atoms in total. The maximum Gasteiger partial charge on any atom is 0.162 e. The standard InChI is InChI=1S/C16H22N2O2/c1-16(2,13-19-11-15-8-9-18-20-15)12-17-10-14-6-4-3-5-7-14/h3-9,17H,10-13H2,1-2H3. The molecule has 20 heavy (non-hydrogen) atoms. The fourth-order valence-corrected chi connectivity index (χ4v) is 1.94. The molecule has 1 aromatic carbocycles. The average Bonchev–Trinajstić information content (AvgIpc) is 2.93. The highest BCUT2D eigenvalue weighted by Gasteiger charge is 2.18. The minimum absolute atomic E-state index is 0.0782. The Labute approximate surface area is 120 Å². The molecule has 0 spiro atoms. The van der Waals surface area contributed by atoms with Gasteiger partial charge in [-0.25, -0.2) is 0 Å². The van der Waals surface area contributed by atoms with Crippen molar-refractivity contribution in [3.63, 3.8) is 0 Å². The molecule has 0 saturated heterocycles. The Morgan fingerprint density at radius 1 is 1.20 bits per heavy atom. The molecule has 0 aliphatic carbocycles. The molecule has 1 aromatic heterocycles. The summed E-state index contributed by atoms with van der Waals surface area (Å²) in [5.41, 5.74) is 1.38. The van der Waals surface area contributed by atoms with Crippen LogP contribution in [-0.4, -0.2) is 18.3 Å². The molecule has 0 saturated carbocycles. The van der Waals surface area contributed by atoms with Gasteiger partial charge in [0.15, 0.2) is 5.76 Å². The fourth-order valence-electron chi connectivity index (χ4n) is 1.94. The molecule has 108 valence electrons. The predicted molar refractivity (Wildman–Crippen MR) is 78.1 cm³/mol. The molecule has 0 unspecified atom stereocenters. The molecule has 2 aromatic rings. The number of nitrogens with one attached hydrogen (secondary N) is 1. The number of ether oxygens (including phenoxy) is 1. The first-order chi connectivity index (χ1) is 9.66. The van der Waals surface area contributed by atoms with E-state index in [0.29, 0.717) is 13.2 Å². The number of aromatic nitrogens is 1. The van der Waals surface area contributed by atoms with Gasteiger partial charge < -0.3 is 14.6 Å². The first-order valence-corrected chi connectivity index (χ1v) is 6.88. The number of hydrogen-bond acceptors (Lipinski definition) is 4. The van der Waals surface area contributed by atoms with E-state index in [0.717, 1.165) is 18.8 Å². The van der Waals surface area contributed by atoms with Crippen LogP contribution in [0.5, 0.6) is 0 Å². The maximum atomic E-state index is 5.67. The van der Waals surface area contributed by atoms with E-state index < -0.39 is 0 Å². The van der Waals surface area contributed by atoms with Crippen molar-refractivity contribution in [1.82, 2.24) is 10.5 Å². The quantitative estimate of drug-likeness (QED) is 0.804. The van der Waals surface area contributed by atoms with E-state index in [4.69, 9.17) is 9.26 Å². The third-order valence-electron chi connectivity index (χ3n) is 3.00. The van der Waals surface area contributed by atoms with Gasteiger partial charge in [0.05, 0.1) is 12.8 Å². The predicted octanol–water partition coefficient (Wildman–Crippen LogP) is 3.01. The Kier molecular flexibility index (Phi) is 5.32. The van der Waals surface area contributed by atoms with Gasteiger partial charge in [0.25, 0.3) is 0 Å². The van der Waals surface area contributed by atoms with Gasteiger partial charge in [0.1, 0.15) is 6.61 Å². The summed E-state index contributed by atoms with van der Waals surface area (Å²) in [5.74, 6) is 0.762. The molecule has 0 aliphatic rings. The zero-order chi connectivity index (χ0) is 14.3. The van der Waals surface area contributed by atoms with E-state index in [1.807, 2.05) is 12.1 Å². The van der Waals surface area contributed by atoms with E-state index in [2.05, 4.69) is 48.6 Å². The topological polar surface area (TPSA) is 47.3 Å². The third-order valence-corrected chi connectivity index (χ3v) is 3.00. The molecule has 0 bridgehead atoms. The highest BCUT2D eigenvalue weighted by molar-refractivity contribution is 5.14. The summed E-state index contributed by atoms with van der Waals surface area (Å²) in [4.78, 5) is 0. The van der Waals surface area contributed by atoms with Crippen LogP contribution in [0, 0.1) is 5.41 Å². The van der Waals surface area contributed by atoms with Crippen LogP contribution in [0.25, 0.3) is 0 Å². The number of benzene rings is 1. The Morgan fingerprint density at radius 2 is 2.00 bits per heavy atom. The fraction of sp³-hybridized carbons (Fsp3) is 0.438. The van der Waals surface area contributed by atoms with Crippen LogP contribution in [0.4, 0.5) is 0 Å². The second kappa shape index (κ2) is 7.22. The summed E-state index contributed by atoms with van der Waals surface area (Å²) >= 11 is 0. The van der Waals surface area contributed by atoms with Crippen molar-refractivity contribution in [2.45, 2.75) is 27.0 Å². The lowest BCUT2D eigenvalue weighted by atomic mass is 9.95. The number of hydrogen-bond donors (Lipinski definition) is 1. The first-order valence-electron chi connectivity index (χ1n) is 6.88. The molecule has 0 amide bonds. The summed E-state index contributed by atoms with van der Waals surface area (Å²) in [5, 5.41) is 7.12. The van der Waals surface area contributed by atoms with Crippen molar-refractivity contribution in [3.05, 3.63) is 53.9 Å². The molecule has 2 rings (SSSR count). The van der Waals surface area contributed by atoms with Gasteiger partial charge in [-0.15, -0.1) is 0 Å². The summed E-state index contributed by atoms with van der Waals surface area (Å²) in [6, 6.07) is 12.2. The van der Waals surface area contributed by atoms with Crippen LogP contribution < -0.4 is 5.32 Å². The van der Waals surface area contributed by atoms with E-state index >= 15 is 0 Å². The van der Waals surface area contributed by atoms with Crippen molar-refractivity contribution < 1.29 is 9.26 Å². The van der Waals surface area contributed by atoms with E-state index in [1.54, 1.807) is 6.20 Å². The first kappa shape index (κ1) is 14.8. The zero-order valence-corrected chi connectivity index (χ0v) is 12.1. The van der Waals surface area contributed by atoms with Gasteiger partial charge in [-0.1, -0.05) is 49.3 Å². The zero-order valence-electron chi connectivity index (χ0n) is 12.1. The highest BCUT2D eigenvalue weighted by atomic mass is 16.5. The van der Waals surface area contributed by atoms with Crippen LogP contribution in [-0.2, 0) is 17.9 Å². The molecular formula is C16H22N2O2. The summed E-state index contributed by atoms with van der Waals surface area (Å²) in [7, 11) is 0. The number of rotatable bonds is 8. The molecule has 0 atom stereocenters. The van der Waals surface area contributed by atoms with Gasteiger partial charge in [0, 0.05) is 24.6 Å². The molecule has 1 N–H and O–H groups in total. The second-order valence-corrected chi connectivity index (χ2v) is 5.72. The monoisotopic (exact) mass is 274 g/mol.